The van der Waals surface area contributed by atoms with Crippen LogP contribution in [0.1, 0.15) is 44.9 Å². The highest BCUT2D eigenvalue weighted by Crippen LogP contribution is 2.56. The van der Waals surface area contributed by atoms with Crippen molar-refractivity contribution in [1.29, 1.82) is 0 Å². The van der Waals surface area contributed by atoms with Crippen molar-refractivity contribution in [1.82, 2.24) is 4.90 Å². The highest BCUT2D eigenvalue weighted by molar-refractivity contribution is 6.06. The third kappa shape index (κ3) is 3.04. The Morgan fingerprint density at radius 3 is 2.07 bits per heavy atom. The first-order chi connectivity index (χ1) is 14.1. The predicted octanol–water partition coefficient (Wildman–Crippen LogP) is 3.22. The highest BCUT2D eigenvalue weighted by atomic mass is 16.5. The summed E-state index contributed by atoms with van der Waals surface area (Å²) in [4.78, 5) is 40.3. The molecule has 6 nitrogen and oxygen atoms in total. The van der Waals surface area contributed by atoms with Crippen molar-refractivity contribution in [3.05, 3.63) is 24.3 Å². The lowest BCUT2D eigenvalue weighted by Crippen LogP contribution is -2.44. The summed E-state index contributed by atoms with van der Waals surface area (Å²) in [5, 5.41) is 2.98. The lowest BCUT2D eigenvalue weighted by Gasteiger charge is -2.33. The number of nitrogens with zero attached hydrogens (tertiary/aromatic N) is 1. The molecule has 1 aromatic carbocycles. The fraction of sp³-hybridized carbons (Fsp3) is 0.609. The van der Waals surface area contributed by atoms with E-state index in [4.69, 9.17) is 4.74 Å². The number of carbonyl (C=O) groups is 3. The van der Waals surface area contributed by atoms with Crippen molar-refractivity contribution < 1.29 is 19.1 Å². The van der Waals surface area contributed by atoms with Crippen LogP contribution in [0.4, 0.5) is 5.69 Å². The summed E-state index contributed by atoms with van der Waals surface area (Å²) >= 11 is 0. The quantitative estimate of drug-likeness (QED) is 0.793. The highest BCUT2D eigenvalue weighted by Gasteiger charge is 2.61. The lowest BCUT2D eigenvalue weighted by atomic mass is 9.81. The monoisotopic (exact) mass is 396 g/mol. The van der Waals surface area contributed by atoms with Crippen LogP contribution in [0.3, 0.4) is 0 Å². The van der Waals surface area contributed by atoms with Gasteiger partial charge in [-0.2, -0.15) is 0 Å². The molecule has 6 heteroatoms. The smallest absolute Gasteiger partial charge is 0.233 e. The van der Waals surface area contributed by atoms with Crippen LogP contribution in [0, 0.1) is 29.6 Å². The summed E-state index contributed by atoms with van der Waals surface area (Å²) in [5.41, 5.74) is 0.756. The van der Waals surface area contributed by atoms with Crippen molar-refractivity contribution in [3.8, 4) is 5.75 Å². The largest absolute Gasteiger partial charge is 0.497 e. The van der Waals surface area contributed by atoms with E-state index >= 15 is 0 Å². The zero-order valence-electron chi connectivity index (χ0n) is 16.8. The topological polar surface area (TPSA) is 75.7 Å². The molecule has 4 aliphatic rings. The predicted molar refractivity (Wildman–Crippen MR) is 107 cm³/mol. The molecule has 4 atom stereocenters. The van der Waals surface area contributed by atoms with E-state index in [0.29, 0.717) is 24.7 Å². The van der Waals surface area contributed by atoms with E-state index in [1.165, 1.54) is 0 Å². The number of rotatable bonds is 4. The first kappa shape index (κ1) is 18.6. The fourth-order valence-electron chi connectivity index (χ4n) is 6.31. The average Bonchev–Trinajstić information content (AvgIpc) is 3.42. The van der Waals surface area contributed by atoms with Gasteiger partial charge >= 0.3 is 0 Å². The van der Waals surface area contributed by atoms with Crippen molar-refractivity contribution in [2.45, 2.75) is 51.0 Å². The molecule has 2 bridgehead atoms. The van der Waals surface area contributed by atoms with Crippen molar-refractivity contribution in [3.63, 3.8) is 0 Å². The summed E-state index contributed by atoms with van der Waals surface area (Å²) in [7, 11) is 1.61. The summed E-state index contributed by atoms with van der Waals surface area (Å²) in [5.74, 6) is 1.63. The number of ether oxygens (including phenoxy) is 1. The molecule has 0 unspecified atom stereocenters. The molecular formula is C23H28N2O4. The van der Waals surface area contributed by atoms with Gasteiger partial charge in [0.15, 0.2) is 0 Å². The zero-order chi connectivity index (χ0) is 20.1. The molecule has 0 radical (unpaired) electrons. The van der Waals surface area contributed by atoms with Crippen LogP contribution in [-0.2, 0) is 14.4 Å². The van der Waals surface area contributed by atoms with Gasteiger partial charge in [0, 0.05) is 17.6 Å². The number of imide groups is 1. The number of likely N-dealkylation sites (tertiary alicyclic amines) is 1. The second kappa shape index (κ2) is 7.15. The molecule has 1 saturated heterocycles. The minimum Gasteiger partial charge on any atom is -0.497 e. The van der Waals surface area contributed by atoms with Gasteiger partial charge in [-0.25, -0.2) is 0 Å². The Labute approximate surface area is 171 Å². The van der Waals surface area contributed by atoms with E-state index in [9.17, 15) is 14.4 Å². The molecule has 3 amide bonds. The Morgan fingerprint density at radius 2 is 1.52 bits per heavy atom. The molecule has 3 aliphatic carbocycles. The minimum absolute atomic E-state index is 0.0163. The molecule has 1 N–H and O–H groups in total. The van der Waals surface area contributed by atoms with Crippen LogP contribution in [0.15, 0.2) is 24.3 Å². The van der Waals surface area contributed by atoms with E-state index in [0.717, 1.165) is 43.5 Å². The maximum Gasteiger partial charge on any atom is 0.233 e. The number of hydrogen-bond donors (Lipinski definition) is 1. The molecule has 1 aromatic rings. The van der Waals surface area contributed by atoms with E-state index in [2.05, 4.69) is 5.32 Å². The van der Waals surface area contributed by atoms with E-state index in [1.807, 2.05) is 24.3 Å². The standard InChI is InChI=1S/C23H28N2O4/c1-29-18-10-6-16(7-11-18)24-21(26)13-4-8-17(9-5-13)25-22(27)19-14-2-3-15(12-14)20(19)23(25)28/h6-7,10-11,13-15,17,19-20H,2-5,8-9,12H2,1H3,(H,24,26)/t13?,14-,15+,17?,19-,20+. The van der Waals surface area contributed by atoms with Gasteiger partial charge in [0.2, 0.25) is 17.7 Å². The van der Waals surface area contributed by atoms with Gasteiger partial charge in [-0.15, -0.1) is 0 Å². The number of anilines is 1. The molecule has 4 fully saturated rings. The number of fused-ring (bicyclic) bond motifs is 5. The number of methoxy groups -OCH3 is 1. The SMILES string of the molecule is COc1ccc(NC(=O)C2CCC(N3C(=O)[C@@H]4[C@@H]5CC[C@@H](C5)[C@@H]4C3=O)CC2)cc1. The van der Waals surface area contributed by atoms with Crippen LogP contribution >= 0.6 is 0 Å². The van der Waals surface area contributed by atoms with Crippen LogP contribution < -0.4 is 10.1 Å². The molecule has 5 rings (SSSR count). The van der Waals surface area contributed by atoms with Gasteiger partial charge in [-0.3, -0.25) is 19.3 Å². The number of nitrogens with one attached hydrogen (secondary N) is 1. The van der Waals surface area contributed by atoms with Gasteiger partial charge < -0.3 is 10.1 Å². The number of hydrogen-bond acceptors (Lipinski definition) is 4. The molecular weight excluding hydrogens is 368 g/mol. The Balaban J connectivity index is 1.19. The second-order valence-corrected chi connectivity index (χ2v) is 9.15. The Hall–Kier alpha value is -2.37. The number of benzene rings is 1. The average molecular weight is 396 g/mol. The van der Waals surface area contributed by atoms with Crippen molar-refractivity contribution >= 4 is 23.4 Å². The fourth-order valence-corrected chi connectivity index (χ4v) is 6.31. The summed E-state index contributed by atoms with van der Waals surface area (Å²) in [6, 6.07) is 7.28. The maximum atomic E-state index is 13.0. The first-order valence-corrected chi connectivity index (χ1v) is 10.9. The summed E-state index contributed by atoms with van der Waals surface area (Å²) < 4.78 is 5.14. The Bertz CT molecular complexity index is 800. The van der Waals surface area contributed by atoms with Gasteiger partial charge in [-0.05, 0) is 81.0 Å². The van der Waals surface area contributed by atoms with Gasteiger partial charge in [0.25, 0.3) is 0 Å². The molecule has 0 spiro atoms. The Kier molecular flexibility index (Phi) is 4.60. The Morgan fingerprint density at radius 1 is 0.931 bits per heavy atom. The van der Waals surface area contributed by atoms with Crippen LogP contribution in [0.25, 0.3) is 0 Å². The van der Waals surface area contributed by atoms with E-state index in [-0.39, 0.29) is 41.5 Å². The first-order valence-electron chi connectivity index (χ1n) is 10.9. The normalized spacial score (nSPS) is 35.7. The van der Waals surface area contributed by atoms with Gasteiger partial charge in [0.1, 0.15) is 5.75 Å². The number of amides is 3. The van der Waals surface area contributed by atoms with Crippen LogP contribution in [-0.4, -0.2) is 35.8 Å². The molecule has 29 heavy (non-hydrogen) atoms. The molecule has 1 heterocycles. The van der Waals surface area contributed by atoms with Gasteiger partial charge in [-0.1, -0.05) is 0 Å². The van der Waals surface area contributed by atoms with E-state index < -0.39 is 0 Å². The van der Waals surface area contributed by atoms with E-state index in [1.54, 1.807) is 12.0 Å². The lowest BCUT2D eigenvalue weighted by molar-refractivity contribution is -0.144. The van der Waals surface area contributed by atoms with Gasteiger partial charge in [0.05, 0.1) is 18.9 Å². The zero-order valence-corrected chi connectivity index (χ0v) is 16.8. The molecule has 1 aliphatic heterocycles. The van der Waals surface area contributed by atoms with Crippen molar-refractivity contribution in [2.24, 2.45) is 29.6 Å². The molecule has 154 valence electrons. The summed E-state index contributed by atoms with van der Waals surface area (Å²) in [6.45, 7) is 0. The third-order valence-electron chi connectivity index (χ3n) is 7.75. The van der Waals surface area contributed by atoms with Crippen LogP contribution in [0.2, 0.25) is 0 Å². The second-order valence-electron chi connectivity index (χ2n) is 9.15. The third-order valence-corrected chi connectivity index (χ3v) is 7.75. The van der Waals surface area contributed by atoms with Crippen LogP contribution in [0.5, 0.6) is 5.75 Å². The molecule has 0 aromatic heterocycles. The molecule has 3 saturated carbocycles. The maximum absolute atomic E-state index is 13.0. The minimum atomic E-state index is -0.0724. The van der Waals surface area contributed by atoms with Crippen molar-refractivity contribution in [2.75, 3.05) is 12.4 Å². The summed E-state index contributed by atoms with van der Waals surface area (Å²) in [6.07, 6.45) is 6.17. The number of carbonyl (C=O) groups excluding carboxylic acids is 3.